The highest BCUT2D eigenvalue weighted by molar-refractivity contribution is 7.08. The third kappa shape index (κ3) is 3.30. The smallest absolute Gasteiger partial charge is 0.226 e. The number of ether oxygens (including phenoxy) is 1. The molecule has 1 aliphatic rings. The minimum Gasteiger partial charge on any atom is -0.378 e. The first-order chi connectivity index (χ1) is 7.34. The molecule has 1 aromatic rings. The maximum absolute atomic E-state index is 11.6. The molecular weight excluding hydrogens is 212 g/mol. The molecule has 82 valence electrons. The van der Waals surface area contributed by atoms with E-state index in [9.17, 15) is 4.79 Å². The fraction of sp³-hybridized carbons (Fsp3) is 0.500. The first-order valence-electron chi connectivity index (χ1n) is 4.98. The quantitative estimate of drug-likeness (QED) is 0.810. The van der Waals surface area contributed by atoms with Crippen molar-refractivity contribution in [2.45, 2.75) is 12.5 Å². The third-order valence-corrected chi connectivity index (χ3v) is 2.92. The van der Waals surface area contributed by atoms with Crippen LogP contribution in [0.15, 0.2) is 16.8 Å². The number of morpholine rings is 1. The van der Waals surface area contributed by atoms with Gasteiger partial charge in [0.1, 0.15) is 0 Å². The van der Waals surface area contributed by atoms with Crippen LogP contribution in [0.1, 0.15) is 6.42 Å². The number of anilines is 1. The molecule has 4 nitrogen and oxygen atoms in total. The third-order valence-electron chi connectivity index (χ3n) is 2.24. The lowest BCUT2D eigenvalue weighted by molar-refractivity contribution is -0.117. The van der Waals surface area contributed by atoms with Gasteiger partial charge in [0.15, 0.2) is 0 Å². The lowest BCUT2D eigenvalue weighted by Gasteiger charge is -2.23. The van der Waals surface area contributed by atoms with Crippen molar-refractivity contribution in [3.05, 3.63) is 16.8 Å². The Morgan fingerprint density at radius 2 is 2.67 bits per heavy atom. The van der Waals surface area contributed by atoms with E-state index in [-0.39, 0.29) is 11.9 Å². The number of rotatable bonds is 3. The van der Waals surface area contributed by atoms with E-state index in [0.717, 1.165) is 18.8 Å². The minimum atomic E-state index is 0.0383. The van der Waals surface area contributed by atoms with Crippen molar-refractivity contribution in [3.63, 3.8) is 0 Å². The van der Waals surface area contributed by atoms with Crippen molar-refractivity contribution in [1.29, 1.82) is 0 Å². The summed E-state index contributed by atoms with van der Waals surface area (Å²) in [5, 5.41) is 9.95. The van der Waals surface area contributed by atoms with Crippen molar-refractivity contribution < 1.29 is 9.53 Å². The maximum Gasteiger partial charge on any atom is 0.226 e. The first kappa shape index (κ1) is 10.6. The number of carbonyl (C=O) groups excluding carboxylic acids is 1. The van der Waals surface area contributed by atoms with Crippen molar-refractivity contribution in [3.8, 4) is 0 Å². The SMILES string of the molecule is O=C(CC1COCCN1)Nc1ccsc1. The predicted molar refractivity (Wildman–Crippen MR) is 60.2 cm³/mol. The van der Waals surface area contributed by atoms with Crippen LogP contribution < -0.4 is 10.6 Å². The molecule has 15 heavy (non-hydrogen) atoms. The van der Waals surface area contributed by atoms with E-state index in [2.05, 4.69) is 10.6 Å². The molecular formula is C10H14N2O2S. The minimum absolute atomic E-state index is 0.0383. The highest BCUT2D eigenvalue weighted by atomic mass is 32.1. The summed E-state index contributed by atoms with van der Waals surface area (Å²) >= 11 is 1.57. The van der Waals surface area contributed by atoms with Crippen LogP contribution in [0, 0.1) is 0 Å². The van der Waals surface area contributed by atoms with Crippen LogP contribution in [-0.4, -0.2) is 31.7 Å². The van der Waals surface area contributed by atoms with Gasteiger partial charge in [0.25, 0.3) is 0 Å². The Hall–Kier alpha value is -0.910. The van der Waals surface area contributed by atoms with E-state index in [1.807, 2.05) is 16.8 Å². The molecule has 1 aromatic heterocycles. The van der Waals surface area contributed by atoms with Crippen LogP contribution in [0.3, 0.4) is 0 Å². The highest BCUT2D eigenvalue weighted by Crippen LogP contribution is 2.12. The van der Waals surface area contributed by atoms with Gasteiger partial charge in [-0.05, 0) is 11.4 Å². The van der Waals surface area contributed by atoms with Gasteiger partial charge in [-0.3, -0.25) is 4.79 Å². The molecule has 0 aromatic carbocycles. The van der Waals surface area contributed by atoms with Crippen LogP contribution in [0.4, 0.5) is 5.69 Å². The van der Waals surface area contributed by atoms with Gasteiger partial charge in [-0.25, -0.2) is 0 Å². The summed E-state index contributed by atoms with van der Waals surface area (Å²) in [7, 11) is 0. The molecule has 0 radical (unpaired) electrons. The Labute approximate surface area is 92.6 Å². The number of hydrogen-bond donors (Lipinski definition) is 2. The summed E-state index contributed by atoms with van der Waals surface area (Å²) in [5.74, 6) is 0.0383. The molecule has 5 heteroatoms. The van der Waals surface area contributed by atoms with Crippen molar-refractivity contribution in [2.24, 2.45) is 0 Å². The summed E-state index contributed by atoms with van der Waals surface area (Å²) in [6.45, 7) is 2.19. The molecule has 1 atom stereocenters. The van der Waals surface area contributed by atoms with Gasteiger partial charge in [-0.15, -0.1) is 0 Å². The number of amides is 1. The standard InChI is InChI=1S/C10H14N2O2S/c13-10(12-8-1-4-15-7-8)5-9-6-14-3-2-11-9/h1,4,7,9,11H,2-3,5-6H2,(H,12,13). The zero-order valence-electron chi connectivity index (χ0n) is 8.36. The second-order valence-corrected chi connectivity index (χ2v) is 4.27. The number of hydrogen-bond acceptors (Lipinski definition) is 4. The summed E-state index contributed by atoms with van der Waals surface area (Å²) in [6.07, 6.45) is 0.468. The van der Waals surface area contributed by atoms with Crippen LogP contribution >= 0.6 is 11.3 Å². The fourth-order valence-electron chi connectivity index (χ4n) is 1.52. The van der Waals surface area contributed by atoms with Gasteiger partial charge in [-0.1, -0.05) is 0 Å². The van der Waals surface area contributed by atoms with Gasteiger partial charge in [0.2, 0.25) is 5.91 Å². The van der Waals surface area contributed by atoms with E-state index >= 15 is 0 Å². The lowest BCUT2D eigenvalue weighted by atomic mass is 10.2. The zero-order valence-corrected chi connectivity index (χ0v) is 9.18. The molecule has 2 heterocycles. The fourth-order valence-corrected chi connectivity index (χ4v) is 2.11. The normalized spacial score (nSPS) is 21.2. The summed E-state index contributed by atoms with van der Waals surface area (Å²) in [5.41, 5.74) is 0.877. The number of nitrogens with one attached hydrogen (secondary N) is 2. The summed E-state index contributed by atoms with van der Waals surface area (Å²) in [6, 6.07) is 2.05. The van der Waals surface area contributed by atoms with Crippen molar-refractivity contribution >= 4 is 22.9 Å². The Morgan fingerprint density at radius 3 is 3.33 bits per heavy atom. The van der Waals surface area contributed by atoms with Crippen LogP contribution in [0.5, 0.6) is 0 Å². The first-order valence-corrected chi connectivity index (χ1v) is 5.92. The van der Waals surface area contributed by atoms with Gasteiger partial charge < -0.3 is 15.4 Å². The molecule has 0 spiro atoms. The van der Waals surface area contributed by atoms with E-state index in [1.54, 1.807) is 11.3 Å². The number of carbonyl (C=O) groups is 1. The average molecular weight is 226 g/mol. The van der Waals surface area contributed by atoms with Crippen molar-refractivity contribution in [2.75, 3.05) is 25.1 Å². The number of thiophene rings is 1. The van der Waals surface area contributed by atoms with E-state index in [4.69, 9.17) is 4.74 Å². The Morgan fingerprint density at radius 1 is 1.73 bits per heavy atom. The average Bonchev–Trinajstić information content (AvgIpc) is 2.71. The van der Waals surface area contributed by atoms with Crippen LogP contribution in [0.2, 0.25) is 0 Å². The molecule has 1 fully saturated rings. The van der Waals surface area contributed by atoms with Gasteiger partial charge >= 0.3 is 0 Å². The van der Waals surface area contributed by atoms with Crippen molar-refractivity contribution in [1.82, 2.24) is 5.32 Å². The topological polar surface area (TPSA) is 50.4 Å². The molecule has 0 saturated carbocycles. The Kier molecular flexibility index (Phi) is 3.71. The molecule has 2 N–H and O–H groups in total. The molecule has 1 aliphatic heterocycles. The van der Waals surface area contributed by atoms with Crippen LogP contribution in [-0.2, 0) is 9.53 Å². The lowest BCUT2D eigenvalue weighted by Crippen LogP contribution is -2.43. The molecule has 2 rings (SSSR count). The van der Waals surface area contributed by atoms with Gasteiger partial charge in [-0.2, -0.15) is 11.3 Å². The van der Waals surface area contributed by atoms with E-state index in [0.29, 0.717) is 13.0 Å². The molecule has 1 amide bonds. The maximum atomic E-state index is 11.6. The second-order valence-electron chi connectivity index (χ2n) is 3.49. The van der Waals surface area contributed by atoms with Crippen LogP contribution in [0.25, 0.3) is 0 Å². The summed E-state index contributed by atoms with van der Waals surface area (Å²) in [4.78, 5) is 11.6. The monoisotopic (exact) mass is 226 g/mol. The largest absolute Gasteiger partial charge is 0.378 e. The van der Waals surface area contributed by atoms with Gasteiger partial charge in [0.05, 0.1) is 18.9 Å². The summed E-state index contributed by atoms with van der Waals surface area (Å²) < 4.78 is 5.28. The highest BCUT2D eigenvalue weighted by Gasteiger charge is 2.16. The van der Waals surface area contributed by atoms with E-state index in [1.165, 1.54) is 0 Å². The van der Waals surface area contributed by atoms with Gasteiger partial charge in [0, 0.05) is 24.4 Å². The van der Waals surface area contributed by atoms with E-state index < -0.39 is 0 Å². The molecule has 0 bridgehead atoms. The predicted octanol–water partition coefficient (Wildman–Crippen LogP) is 1.07. The zero-order chi connectivity index (χ0) is 10.5. The molecule has 1 saturated heterocycles. The molecule has 1 unspecified atom stereocenters. The Balaban J connectivity index is 1.76. The second kappa shape index (κ2) is 5.25. The molecule has 0 aliphatic carbocycles. The Bertz CT molecular complexity index is 307.